The fraction of sp³-hybridized carbons (Fsp3) is 0.688. The first-order valence-electron chi connectivity index (χ1n) is 7.98. The molecule has 0 spiro atoms. The van der Waals surface area contributed by atoms with E-state index in [1.54, 1.807) is 0 Å². The van der Waals surface area contributed by atoms with Crippen LogP contribution in [0.25, 0.3) is 0 Å². The van der Waals surface area contributed by atoms with Crippen LogP contribution < -0.4 is 10.6 Å². The predicted octanol–water partition coefficient (Wildman–Crippen LogP) is 2.69. The molecule has 1 aromatic heterocycles. The molecule has 1 aliphatic heterocycles. The van der Waals surface area contributed by atoms with Crippen LogP contribution in [0.2, 0.25) is 0 Å². The zero-order valence-corrected chi connectivity index (χ0v) is 13.9. The number of nitrogens with two attached hydrogens (primary N) is 1. The van der Waals surface area contributed by atoms with Crippen molar-refractivity contribution in [2.45, 2.75) is 46.6 Å². The Kier molecular flexibility index (Phi) is 11.6. The normalized spacial score (nSPS) is 14.6. The highest BCUT2D eigenvalue weighted by molar-refractivity contribution is 5.48. The Morgan fingerprint density at radius 3 is 2.33 bits per heavy atom. The topological polar surface area (TPSA) is 71.6 Å². The van der Waals surface area contributed by atoms with Crippen LogP contribution in [-0.4, -0.2) is 42.5 Å². The molecule has 122 valence electrons. The Hall–Kier alpha value is -1.33. The van der Waals surface area contributed by atoms with Crippen LogP contribution in [0, 0.1) is 0 Å². The summed E-state index contributed by atoms with van der Waals surface area (Å²) in [5.41, 5.74) is 6.67. The van der Waals surface area contributed by atoms with Gasteiger partial charge in [-0.25, -0.2) is 4.98 Å². The molecule has 5 nitrogen and oxygen atoms in total. The highest BCUT2D eigenvalue weighted by Crippen LogP contribution is 2.21. The quantitative estimate of drug-likeness (QED) is 0.894. The molecule has 0 bridgehead atoms. The number of aliphatic hydroxyl groups excluding tert-OH is 1. The van der Waals surface area contributed by atoms with Crippen LogP contribution in [-0.2, 0) is 4.74 Å². The molecule has 0 atom stereocenters. The van der Waals surface area contributed by atoms with Gasteiger partial charge in [-0.1, -0.05) is 27.7 Å². The molecule has 2 heterocycles. The zero-order valence-electron chi connectivity index (χ0n) is 13.9. The molecular weight excluding hydrogens is 266 g/mol. The van der Waals surface area contributed by atoms with Gasteiger partial charge in [0.05, 0.1) is 31.2 Å². The third-order valence-corrected chi connectivity index (χ3v) is 3.02. The molecule has 5 heteroatoms. The summed E-state index contributed by atoms with van der Waals surface area (Å²) in [6, 6.07) is 3.82. The lowest BCUT2D eigenvalue weighted by Gasteiger charge is -2.33. The number of pyridine rings is 1. The van der Waals surface area contributed by atoms with Gasteiger partial charge in [0.15, 0.2) is 0 Å². The van der Waals surface area contributed by atoms with Crippen LogP contribution in [0.15, 0.2) is 18.3 Å². The van der Waals surface area contributed by atoms with E-state index in [9.17, 15) is 0 Å². The Bertz CT molecular complexity index is 336. The summed E-state index contributed by atoms with van der Waals surface area (Å²) in [5.74, 6) is 0.551. The van der Waals surface area contributed by atoms with Crippen molar-refractivity contribution in [3.63, 3.8) is 0 Å². The van der Waals surface area contributed by atoms with E-state index in [-0.39, 0.29) is 12.7 Å². The van der Waals surface area contributed by atoms with E-state index in [4.69, 9.17) is 15.6 Å². The number of aliphatic hydroxyl groups is 1. The minimum atomic E-state index is 0.0993. The van der Waals surface area contributed by atoms with Crippen molar-refractivity contribution in [2.75, 3.05) is 36.9 Å². The second-order valence-electron chi connectivity index (χ2n) is 4.22. The van der Waals surface area contributed by atoms with Gasteiger partial charge >= 0.3 is 0 Å². The fourth-order valence-electron chi connectivity index (χ4n) is 2.08. The van der Waals surface area contributed by atoms with Crippen molar-refractivity contribution in [1.82, 2.24) is 4.98 Å². The first-order valence-corrected chi connectivity index (χ1v) is 7.98. The number of nitrogen functional groups attached to an aromatic ring is 1. The molecular formula is C16H31N3O2. The lowest BCUT2D eigenvalue weighted by Crippen LogP contribution is -2.37. The summed E-state index contributed by atoms with van der Waals surface area (Å²) in [6.07, 6.45) is 4.07. The maximum atomic E-state index is 8.70. The molecule has 1 aromatic rings. The number of anilines is 2. The van der Waals surface area contributed by atoms with E-state index in [0.29, 0.717) is 12.4 Å². The lowest BCUT2D eigenvalue weighted by molar-refractivity contribution is 0.0159. The van der Waals surface area contributed by atoms with Crippen molar-refractivity contribution in [3.8, 4) is 0 Å². The standard InChI is InChI=1S/C12H19N3O2.2C2H6/c13-12-2-1-10(9-14-12)15-5-3-11(4-6-15)17-8-7-16;2*1-2/h1-2,9,11,16H,3-8H2,(H2,13,14);2*1-2H3. The van der Waals surface area contributed by atoms with Crippen LogP contribution in [0.4, 0.5) is 11.5 Å². The summed E-state index contributed by atoms with van der Waals surface area (Å²) < 4.78 is 5.52. The van der Waals surface area contributed by atoms with E-state index in [1.165, 1.54) is 0 Å². The number of hydrogen-bond acceptors (Lipinski definition) is 5. The molecule has 0 aliphatic carbocycles. The monoisotopic (exact) mass is 297 g/mol. The minimum absolute atomic E-state index is 0.0993. The summed E-state index contributed by atoms with van der Waals surface area (Å²) in [5, 5.41) is 8.70. The summed E-state index contributed by atoms with van der Waals surface area (Å²) in [4.78, 5) is 6.38. The van der Waals surface area contributed by atoms with Crippen molar-refractivity contribution < 1.29 is 9.84 Å². The Morgan fingerprint density at radius 2 is 1.86 bits per heavy atom. The average Bonchev–Trinajstić information content (AvgIpc) is 2.58. The predicted molar refractivity (Wildman–Crippen MR) is 89.6 cm³/mol. The van der Waals surface area contributed by atoms with Crippen LogP contribution >= 0.6 is 0 Å². The molecule has 0 amide bonds. The van der Waals surface area contributed by atoms with Gasteiger partial charge in [-0.15, -0.1) is 0 Å². The van der Waals surface area contributed by atoms with Crippen molar-refractivity contribution in [2.24, 2.45) is 0 Å². The van der Waals surface area contributed by atoms with Crippen LogP contribution in [0.3, 0.4) is 0 Å². The SMILES string of the molecule is CC.CC.Nc1ccc(N2CCC(OCCO)CC2)cn1. The Morgan fingerprint density at radius 1 is 1.24 bits per heavy atom. The van der Waals surface area contributed by atoms with E-state index in [2.05, 4.69) is 9.88 Å². The maximum absolute atomic E-state index is 8.70. The zero-order chi connectivity index (χ0) is 16.1. The first-order chi connectivity index (χ1) is 10.3. The van der Waals surface area contributed by atoms with Crippen LogP contribution in [0.1, 0.15) is 40.5 Å². The van der Waals surface area contributed by atoms with E-state index >= 15 is 0 Å². The highest BCUT2D eigenvalue weighted by Gasteiger charge is 2.19. The fourth-order valence-corrected chi connectivity index (χ4v) is 2.08. The second kappa shape index (κ2) is 12.4. The van der Waals surface area contributed by atoms with Gasteiger partial charge in [0, 0.05) is 13.1 Å². The number of piperidine rings is 1. The van der Waals surface area contributed by atoms with E-state index in [0.717, 1.165) is 31.6 Å². The Labute approximate surface area is 129 Å². The minimum Gasteiger partial charge on any atom is -0.394 e. The molecule has 21 heavy (non-hydrogen) atoms. The molecule has 0 unspecified atom stereocenters. The number of hydrogen-bond donors (Lipinski definition) is 2. The highest BCUT2D eigenvalue weighted by atomic mass is 16.5. The van der Waals surface area contributed by atoms with Crippen molar-refractivity contribution >= 4 is 11.5 Å². The van der Waals surface area contributed by atoms with Crippen LogP contribution in [0.5, 0.6) is 0 Å². The number of nitrogens with zero attached hydrogens (tertiary/aromatic N) is 2. The second-order valence-corrected chi connectivity index (χ2v) is 4.22. The van der Waals surface area contributed by atoms with Gasteiger partial charge in [-0.05, 0) is 25.0 Å². The van der Waals surface area contributed by atoms with E-state index < -0.39 is 0 Å². The van der Waals surface area contributed by atoms with Gasteiger partial charge in [0.25, 0.3) is 0 Å². The summed E-state index contributed by atoms with van der Waals surface area (Å²) in [6.45, 7) is 10.5. The van der Waals surface area contributed by atoms with Crippen molar-refractivity contribution in [3.05, 3.63) is 18.3 Å². The molecule has 0 radical (unpaired) electrons. The Balaban J connectivity index is 0.000000921. The number of ether oxygens (including phenoxy) is 1. The van der Waals surface area contributed by atoms with Gasteiger partial charge in [-0.2, -0.15) is 0 Å². The van der Waals surface area contributed by atoms with Crippen molar-refractivity contribution in [1.29, 1.82) is 0 Å². The molecule has 1 saturated heterocycles. The largest absolute Gasteiger partial charge is 0.394 e. The van der Waals surface area contributed by atoms with E-state index in [1.807, 2.05) is 46.0 Å². The molecule has 1 fully saturated rings. The summed E-state index contributed by atoms with van der Waals surface area (Å²) >= 11 is 0. The lowest BCUT2D eigenvalue weighted by atomic mass is 10.1. The van der Waals surface area contributed by atoms with Gasteiger partial charge in [0.2, 0.25) is 0 Å². The summed E-state index contributed by atoms with van der Waals surface area (Å²) in [7, 11) is 0. The molecule has 2 rings (SSSR count). The molecule has 3 N–H and O–H groups in total. The average molecular weight is 297 g/mol. The van der Waals surface area contributed by atoms with Gasteiger partial charge in [-0.3, -0.25) is 0 Å². The molecule has 1 aliphatic rings. The smallest absolute Gasteiger partial charge is 0.123 e. The molecule has 0 saturated carbocycles. The van der Waals surface area contributed by atoms with Gasteiger partial charge < -0.3 is 20.5 Å². The third-order valence-electron chi connectivity index (χ3n) is 3.02. The molecule has 0 aromatic carbocycles. The third kappa shape index (κ3) is 7.29. The van der Waals surface area contributed by atoms with Gasteiger partial charge in [0.1, 0.15) is 5.82 Å². The number of aromatic nitrogens is 1. The number of rotatable bonds is 4. The first kappa shape index (κ1) is 19.7. The maximum Gasteiger partial charge on any atom is 0.123 e.